The number of furan rings is 1. The summed E-state index contributed by atoms with van der Waals surface area (Å²) in [6.07, 6.45) is 0. The summed E-state index contributed by atoms with van der Waals surface area (Å²) >= 11 is 3.83. The Hall–Kier alpha value is -6.16. The van der Waals surface area contributed by atoms with Crippen molar-refractivity contribution in [3.63, 3.8) is 0 Å². The highest BCUT2D eigenvalue weighted by molar-refractivity contribution is 9.10. The second kappa shape index (κ2) is 13.3. The zero-order valence-corrected chi connectivity index (χ0v) is 29.3. The van der Waals surface area contributed by atoms with Crippen molar-refractivity contribution in [2.75, 3.05) is 4.90 Å². The van der Waals surface area contributed by atoms with E-state index in [0.717, 1.165) is 60.2 Å². The van der Waals surface area contributed by atoms with Crippen LogP contribution in [0.5, 0.6) is 0 Å². The molecule has 0 saturated carbocycles. The third kappa shape index (κ3) is 5.82. The Bertz CT molecular complexity index is 2610. The van der Waals surface area contributed by atoms with Gasteiger partial charge in [-0.25, -0.2) is 0 Å². The minimum Gasteiger partial charge on any atom is -0.455 e. The molecular weight excluding hydrogens is 686 g/mol. The van der Waals surface area contributed by atoms with E-state index in [-0.39, 0.29) is 0 Å². The van der Waals surface area contributed by atoms with E-state index in [1.807, 2.05) is 12.1 Å². The molecule has 2 nitrogen and oxygen atoms in total. The molecule has 51 heavy (non-hydrogen) atoms. The van der Waals surface area contributed by atoms with E-state index in [2.05, 4.69) is 203 Å². The normalized spacial score (nSPS) is 11.2. The minimum absolute atomic E-state index is 0.906. The molecule has 0 unspecified atom stereocenters. The molecule has 8 aromatic carbocycles. The number of hydrogen-bond acceptors (Lipinski definition) is 2. The molecule has 3 heteroatoms. The van der Waals surface area contributed by atoms with E-state index < -0.39 is 0 Å². The van der Waals surface area contributed by atoms with E-state index in [1.165, 1.54) is 27.8 Å². The quantitative estimate of drug-likeness (QED) is 0.163. The largest absolute Gasteiger partial charge is 0.455 e. The summed E-state index contributed by atoms with van der Waals surface area (Å²) in [4.78, 5) is 2.32. The van der Waals surface area contributed by atoms with Gasteiger partial charge in [-0.05, 0) is 81.9 Å². The summed E-state index contributed by atoms with van der Waals surface area (Å²) in [7, 11) is 0. The summed E-state index contributed by atoms with van der Waals surface area (Å²) < 4.78 is 7.46. The molecule has 0 N–H and O–H groups in total. The van der Waals surface area contributed by atoms with E-state index in [0.29, 0.717) is 0 Å². The Labute approximate surface area is 306 Å². The van der Waals surface area contributed by atoms with Crippen LogP contribution in [-0.2, 0) is 0 Å². The van der Waals surface area contributed by atoms with Crippen LogP contribution in [0.1, 0.15) is 0 Å². The monoisotopic (exact) mass is 717 g/mol. The van der Waals surface area contributed by atoms with Gasteiger partial charge in [-0.2, -0.15) is 0 Å². The number of anilines is 3. The lowest BCUT2D eigenvalue weighted by atomic mass is 9.94. The molecule has 0 bridgehead atoms. The molecule has 0 radical (unpaired) electrons. The van der Waals surface area contributed by atoms with Gasteiger partial charge in [0.1, 0.15) is 11.2 Å². The molecule has 0 fully saturated rings. The van der Waals surface area contributed by atoms with Gasteiger partial charge < -0.3 is 9.32 Å². The maximum Gasteiger partial charge on any atom is 0.143 e. The lowest BCUT2D eigenvalue weighted by Gasteiger charge is -2.26. The molecule has 0 amide bonds. The average molecular weight is 719 g/mol. The minimum atomic E-state index is 0.906. The van der Waals surface area contributed by atoms with Crippen molar-refractivity contribution in [1.82, 2.24) is 0 Å². The second-order valence-corrected chi connectivity index (χ2v) is 13.5. The number of nitrogens with zero attached hydrogens (tertiary/aromatic N) is 1. The van der Waals surface area contributed by atoms with Gasteiger partial charge in [-0.3, -0.25) is 0 Å². The number of rotatable bonds is 7. The van der Waals surface area contributed by atoms with Gasteiger partial charge in [0.15, 0.2) is 0 Å². The summed E-state index contributed by atoms with van der Waals surface area (Å²) in [6, 6.07) is 68.7. The van der Waals surface area contributed by atoms with Crippen LogP contribution in [0.25, 0.3) is 66.4 Å². The smallest absolute Gasteiger partial charge is 0.143 e. The van der Waals surface area contributed by atoms with Crippen molar-refractivity contribution in [3.05, 3.63) is 199 Å². The molecule has 1 aromatic heterocycles. The van der Waals surface area contributed by atoms with Gasteiger partial charge in [-0.1, -0.05) is 162 Å². The Morgan fingerprint density at radius 3 is 1.47 bits per heavy atom. The number of halogens is 1. The highest BCUT2D eigenvalue weighted by Crippen LogP contribution is 2.42. The maximum atomic E-state index is 6.38. The fourth-order valence-corrected chi connectivity index (χ4v) is 7.69. The predicted octanol–water partition coefficient (Wildman–Crippen LogP) is 14.5. The third-order valence-corrected chi connectivity index (χ3v) is 10.2. The highest BCUT2D eigenvalue weighted by Gasteiger charge is 2.17. The first-order valence-electron chi connectivity index (χ1n) is 17.1. The molecule has 0 aliphatic rings. The molecule has 0 saturated heterocycles. The molecule has 0 aliphatic carbocycles. The van der Waals surface area contributed by atoms with Crippen molar-refractivity contribution >= 4 is 54.9 Å². The van der Waals surface area contributed by atoms with Crippen LogP contribution in [0.15, 0.2) is 203 Å². The van der Waals surface area contributed by atoms with Crippen molar-refractivity contribution in [1.29, 1.82) is 0 Å². The van der Waals surface area contributed by atoms with Crippen LogP contribution in [0.4, 0.5) is 17.1 Å². The molecule has 1 heterocycles. The molecule has 0 spiro atoms. The number of benzene rings is 8. The number of para-hydroxylation sites is 2. The fraction of sp³-hybridized carbons (Fsp3) is 0. The van der Waals surface area contributed by atoms with E-state index in [1.54, 1.807) is 0 Å². The Kier molecular flexibility index (Phi) is 8.04. The van der Waals surface area contributed by atoms with Gasteiger partial charge in [-0.15, -0.1) is 0 Å². The van der Waals surface area contributed by atoms with Crippen LogP contribution in [0, 0.1) is 0 Å². The summed E-state index contributed by atoms with van der Waals surface area (Å²) in [6.45, 7) is 0. The van der Waals surface area contributed by atoms with Crippen LogP contribution in [-0.4, -0.2) is 0 Å². The van der Waals surface area contributed by atoms with Crippen LogP contribution >= 0.6 is 15.9 Å². The zero-order chi connectivity index (χ0) is 34.1. The Morgan fingerprint density at radius 1 is 0.353 bits per heavy atom. The standard InChI is InChI=1S/C48H32BrNO/c49-45-19-10-16-41(47(45)37-13-5-2-6-14-37)35-23-29-39(30-24-35)50(38-27-21-34(22-28-38)33-11-3-1-4-12-33)40-31-25-36(26-32-40)42-17-9-18-44-43-15-7-8-20-46(43)51-48(42)44/h1-32H. The van der Waals surface area contributed by atoms with Crippen LogP contribution < -0.4 is 4.90 Å². The highest BCUT2D eigenvalue weighted by atomic mass is 79.9. The zero-order valence-electron chi connectivity index (χ0n) is 27.7. The summed E-state index contributed by atoms with van der Waals surface area (Å²) in [5.41, 5.74) is 14.4. The maximum absolute atomic E-state index is 6.38. The summed E-state index contributed by atoms with van der Waals surface area (Å²) in [5, 5.41) is 2.27. The molecular formula is C48H32BrNO. The molecule has 9 rings (SSSR count). The summed E-state index contributed by atoms with van der Waals surface area (Å²) in [5.74, 6) is 0. The van der Waals surface area contributed by atoms with Crippen molar-refractivity contribution in [2.24, 2.45) is 0 Å². The van der Waals surface area contributed by atoms with Gasteiger partial charge in [0.25, 0.3) is 0 Å². The Balaban J connectivity index is 1.12. The second-order valence-electron chi connectivity index (χ2n) is 12.7. The first kappa shape index (κ1) is 30.9. The lowest BCUT2D eigenvalue weighted by Crippen LogP contribution is -2.09. The SMILES string of the molecule is Brc1cccc(-c2ccc(N(c3ccc(-c4ccccc4)cc3)c3ccc(-c4cccc5c4oc4ccccc45)cc3)cc2)c1-c1ccccc1. The fourth-order valence-electron chi connectivity index (χ4n) is 7.10. The topological polar surface area (TPSA) is 16.4 Å². The molecule has 9 aromatic rings. The first-order valence-corrected chi connectivity index (χ1v) is 17.9. The number of hydrogen-bond donors (Lipinski definition) is 0. The van der Waals surface area contributed by atoms with Crippen LogP contribution in [0.2, 0.25) is 0 Å². The molecule has 0 aliphatic heterocycles. The van der Waals surface area contributed by atoms with Gasteiger partial charge >= 0.3 is 0 Å². The predicted molar refractivity (Wildman–Crippen MR) is 218 cm³/mol. The van der Waals surface area contributed by atoms with Gasteiger partial charge in [0.05, 0.1) is 0 Å². The van der Waals surface area contributed by atoms with E-state index in [4.69, 9.17) is 4.42 Å². The van der Waals surface area contributed by atoms with Crippen molar-refractivity contribution < 1.29 is 4.42 Å². The Morgan fingerprint density at radius 2 is 0.824 bits per heavy atom. The average Bonchev–Trinajstić information content (AvgIpc) is 3.59. The lowest BCUT2D eigenvalue weighted by molar-refractivity contribution is 0.670. The van der Waals surface area contributed by atoms with E-state index >= 15 is 0 Å². The van der Waals surface area contributed by atoms with Gasteiger partial charge in [0, 0.05) is 43.4 Å². The third-order valence-electron chi connectivity index (χ3n) is 9.59. The van der Waals surface area contributed by atoms with Gasteiger partial charge in [0.2, 0.25) is 0 Å². The number of fused-ring (bicyclic) bond motifs is 3. The van der Waals surface area contributed by atoms with Crippen LogP contribution in [0.3, 0.4) is 0 Å². The van der Waals surface area contributed by atoms with Crippen molar-refractivity contribution in [3.8, 4) is 44.5 Å². The molecule has 242 valence electrons. The molecule has 0 atom stereocenters. The first-order chi connectivity index (χ1) is 25.2. The van der Waals surface area contributed by atoms with Crippen molar-refractivity contribution in [2.45, 2.75) is 0 Å². The van der Waals surface area contributed by atoms with E-state index in [9.17, 15) is 0 Å².